The van der Waals surface area contributed by atoms with Gasteiger partial charge in [-0.1, -0.05) is 18.2 Å². The summed E-state index contributed by atoms with van der Waals surface area (Å²) in [6, 6.07) is 7.11. The van der Waals surface area contributed by atoms with Gasteiger partial charge in [0.1, 0.15) is 0 Å². The molecule has 80 valence electrons. The lowest BCUT2D eigenvalue weighted by Gasteiger charge is -2.06. The van der Waals surface area contributed by atoms with E-state index in [9.17, 15) is 9.59 Å². The third kappa shape index (κ3) is 1.54. The third-order valence-corrected chi connectivity index (χ3v) is 2.32. The molecule has 0 saturated heterocycles. The smallest absolute Gasteiger partial charge is 0.339 e. The molecule has 0 spiro atoms. The number of nitrogens with zero attached hydrogens (tertiary/aromatic N) is 1. The van der Waals surface area contributed by atoms with Crippen molar-refractivity contribution in [3.63, 3.8) is 0 Å². The van der Waals surface area contributed by atoms with Crippen LogP contribution in [0.2, 0.25) is 0 Å². The van der Waals surface area contributed by atoms with Crippen LogP contribution < -0.4 is 0 Å². The maximum atomic E-state index is 11.6. The van der Waals surface area contributed by atoms with Crippen LogP contribution in [-0.4, -0.2) is 24.3 Å². The van der Waals surface area contributed by atoms with Gasteiger partial charge in [-0.3, -0.25) is 9.78 Å². The minimum atomic E-state index is -0.527. The molecule has 0 aliphatic rings. The van der Waals surface area contributed by atoms with Crippen molar-refractivity contribution >= 4 is 23.2 Å². The number of esters is 1. The minimum Gasteiger partial charge on any atom is -0.465 e. The molecule has 0 aliphatic heterocycles. The molecule has 0 N–H and O–H groups in total. The summed E-state index contributed by atoms with van der Waals surface area (Å²) in [5.41, 5.74) is 1.17. The van der Waals surface area contributed by atoms with Crippen LogP contribution in [0.5, 0.6) is 0 Å². The zero-order valence-corrected chi connectivity index (χ0v) is 8.64. The number of benzene rings is 1. The maximum absolute atomic E-state index is 11.6. The van der Waals surface area contributed by atoms with Gasteiger partial charge in [0.05, 0.1) is 18.2 Å². The van der Waals surface area contributed by atoms with E-state index in [-0.39, 0.29) is 11.1 Å². The van der Waals surface area contributed by atoms with Gasteiger partial charge in [0.25, 0.3) is 0 Å². The molecule has 0 saturated carbocycles. The number of aromatic nitrogens is 1. The first-order valence-corrected chi connectivity index (χ1v) is 4.69. The maximum Gasteiger partial charge on any atom is 0.339 e. The summed E-state index contributed by atoms with van der Waals surface area (Å²) in [5, 5.41) is 0.624. The summed E-state index contributed by atoms with van der Waals surface area (Å²) in [5.74, 6) is -0.527. The van der Waals surface area contributed by atoms with Gasteiger partial charge < -0.3 is 4.74 Å². The van der Waals surface area contributed by atoms with E-state index in [4.69, 9.17) is 0 Å². The van der Waals surface area contributed by atoms with Crippen LogP contribution in [0.15, 0.2) is 30.5 Å². The quantitative estimate of drug-likeness (QED) is 0.566. The van der Waals surface area contributed by atoms with E-state index in [2.05, 4.69) is 9.72 Å². The predicted molar refractivity (Wildman–Crippen MR) is 58.5 cm³/mol. The van der Waals surface area contributed by atoms with E-state index in [1.807, 2.05) is 6.07 Å². The van der Waals surface area contributed by atoms with Crippen molar-refractivity contribution in [2.24, 2.45) is 0 Å². The molecule has 0 radical (unpaired) electrons. The monoisotopic (exact) mass is 215 g/mol. The minimum absolute atomic E-state index is 0.241. The van der Waals surface area contributed by atoms with Crippen LogP contribution in [0.4, 0.5) is 0 Å². The van der Waals surface area contributed by atoms with E-state index in [1.54, 1.807) is 18.2 Å². The Labute approximate surface area is 91.9 Å². The van der Waals surface area contributed by atoms with Gasteiger partial charge in [0.15, 0.2) is 6.29 Å². The predicted octanol–water partition coefficient (Wildman–Crippen LogP) is 1.83. The summed E-state index contributed by atoms with van der Waals surface area (Å²) in [4.78, 5) is 26.5. The molecular weight excluding hydrogens is 206 g/mol. The number of fused-ring (bicyclic) bond motifs is 1. The van der Waals surface area contributed by atoms with E-state index in [1.165, 1.54) is 13.3 Å². The lowest BCUT2D eigenvalue weighted by atomic mass is 10.0. The van der Waals surface area contributed by atoms with E-state index >= 15 is 0 Å². The molecule has 2 aromatic rings. The van der Waals surface area contributed by atoms with Gasteiger partial charge >= 0.3 is 5.97 Å². The number of methoxy groups -OCH3 is 1. The van der Waals surface area contributed by atoms with Gasteiger partial charge in [-0.25, -0.2) is 4.79 Å². The van der Waals surface area contributed by atoms with Crippen molar-refractivity contribution in [2.45, 2.75) is 0 Å². The van der Waals surface area contributed by atoms with Gasteiger partial charge in [-0.15, -0.1) is 0 Å². The SMILES string of the molecule is COC(=O)c1c(C=O)cnc2ccccc12. The first kappa shape index (κ1) is 10.3. The van der Waals surface area contributed by atoms with Gasteiger partial charge in [0.2, 0.25) is 0 Å². The standard InChI is InChI=1S/C12H9NO3/c1-16-12(15)11-8(7-14)6-13-10-5-3-2-4-9(10)11/h2-7H,1H3. The van der Waals surface area contributed by atoms with E-state index in [0.29, 0.717) is 17.2 Å². The highest BCUT2D eigenvalue weighted by Gasteiger charge is 2.15. The second kappa shape index (κ2) is 4.10. The Morgan fingerprint density at radius 3 is 2.81 bits per heavy atom. The highest BCUT2D eigenvalue weighted by molar-refractivity contribution is 6.08. The summed E-state index contributed by atoms with van der Waals surface area (Å²) in [7, 11) is 1.28. The number of pyridine rings is 1. The Morgan fingerprint density at radius 1 is 1.38 bits per heavy atom. The average molecular weight is 215 g/mol. The van der Waals surface area contributed by atoms with Crippen molar-refractivity contribution < 1.29 is 14.3 Å². The normalized spacial score (nSPS) is 10.1. The molecule has 1 heterocycles. The number of rotatable bonds is 2. The van der Waals surface area contributed by atoms with Gasteiger partial charge in [0, 0.05) is 17.1 Å². The van der Waals surface area contributed by atoms with Crippen LogP contribution in [0.1, 0.15) is 20.7 Å². The van der Waals surface area contributed by atoms with Crippen LogP contribution >= 0.6 is 0 Å². The molecule has 4 nitrogen and oxygen atoms in total. The van der Waals surface area contributed by atoms with E-state index in [0.717, 1.165) is 0 Å². The fourth-order valence-electron chi connectivity index (χ4n) is 1.58. The molecule has 0 atom stereocenters. The molecule has 0 amide bonds. The van der Waals surface area contributed by atoms with E-state index < -0.39 is 5.97 Å². The topological polar surface area (TPSA) is 56.3 Å². The van der Waals surface area contributed by atoms with Crippen molar-refractivity contribution in [3.8, 4) is 0 Å². The molecule has 0 bridgehead atoms. The molecule has 1 aromatic heterocycles. The lowest BCUT2D eigenvalue weighted by Crippen LogP contribution is -2.07. The summed E-state index contributed by atoms with van der Waals surface area (Å²) in [6.45, 7) is 0. The summed E-state index contributed by atoms with van der Waals surface area (Å²) in [6.07, 6.45) is 1.98. The zero-order chi connectivity index (χ0) is 11.5. The average Bonchev–Trinajstić information content (AvgIpc) is 2.36. The van der Waals surface area contributed by atoms with Crippen molar-refractivity contribution in [2.75, 3.05) is 7.11 Å². The Bertz CT molecular complexity index is 563. The van der Waals surface area contributed by atoms with Gasteiger partial charge in [-0.05, 0) is 6.07 Å². The molecule has 2 rings (SSSR count). The molecule has 16 heavy (non-hydrogen) atoms. The molecule has 0 fully saturated rings. The van der Waals surface area contributed by atoms with Crippen LogP contribution in [-0.2, 0) is 4.74 Å². The largest absolute Gasteiger partial charge is 0.465 e. The second-order valence-corrected chi connectivity index (χ2v) is 3.22. The second-order valence-electron chi connectivity index (χ2n) is 3.22. The van der Waals surface area contributed by atoms with Crippen molar-refractivity contribution in [3.05, 3.63) is 41.6 Å². The Morgan fingerprint density at radius 2 is 2.12 bits per heavy atom. The molecule has 1 aromatic carbocycles. The number of carbonyl (C=O) groups is 2. The highest BCUT2D eigenvalue weighted by atomic mass is 16.5. The van der Waals surface area contributed by atoms with Crippen LogP contribution in [0.25, 0.3) is 10.9 Å². The number of aldehydes is 1. The molecule has 0 unspecified atom stereocenters. The summed E-state index contributed by atoms with van der Waals surface area (Å²) >= 11 is 0. The highest BCUT2D eigenvalue weighted by Crippen LogP contribution is 2.20. The number of hydrogen-bond acceptors (Lipinski definition) is 4. The Balaban J connectivity index is 2.83. The number of para-hydroxylation sites is 1. The lowest BCUT2D eigenvalue weighted by molar-refractivity contribution is 0.0600. The van der Waals surface area contributed by atoms with Crippen molar-refractivity contribution in [1.82, 2.24) is 4.98 Å². The fourth-order valence-corrected chi connectivity index (χ4v) is 1.58. The molecule has 0 aliphatic carbocycles. The number of carbonyl (C=O) groups excluding carboxylic acids is 2. The zero-order valence-electron chi connectivity index (χ0n) is 8.64. The fraction of sp³-hybridized carbons (Fsp3) is 0.0833. The van der Waals surface area contributed by atoms with Gasteiger partial charge in [-0.2, -0.15) is 0 Å². The Kier molecular flexibility index (Phi) is 2.64. The third-order valence-electron chi connectivity index (χ3n) is 2.32. The molecule has 4 heteroatoms. The van der Waals surface area contributed by atoms with Crippen LogP contribution in [0.3, 0.4) is 0 Å². The first-order chi connectivity index (χ1) is 7.77. The Hall–Kier alpha value is -2.23. The van der Waals surface area contributed by atoms with Crippen LogP contribution in [0, 0.1) is 0 Å². The van der Waals surface area contributed by atoms with Crippen molar-refractivity contribution in [1.29, 1.82) is 0 Å². The number of ether oxygens (including phenoxy) is 1. The first-order valence-electron chi connectivity index (χ1n) is 4.69. The summed E-state index contributed by atoms with van der Waals surface area (Å²) < 4.78 is 4.66. The molecular formula is C12H9NO3. The number of hydrogen-bond donors (Lipinski definition) is 0.